The third kappa shape index (κ3) is 6.30. The van der Waals surface area contributed by atoms with Crippen molar-refractivity contribution in [2.75, 3.05) is 32.8 Å². The molecule has 152 valence electrons. The lowest BCUT2D eigenvalue weighted by atomic mass is 9.98. The van der Waals surface area contributed by atoms with Crippen LogP contribution in [0, 0.1) is 12.8 Å². The zero-order valence-corrected chi connectivity index (χ0v) is 18.5. The molecule has 0 saturated carbocycles. The molecule has 2 aromatic rings. The second-order valence-electron chi connectivity index (χ2n) is 7.28. The van der Waals surface area contributed by atoms with Gasteiger partial charge in [-0.25, -0.2) is 13.1 Å². The maximum absolute atomic E-state index is 12.5. The molecule has 1 saturated heterocycles. The average molecular weight is 467 g/mol. The lowest BCUT2D eigenvalue weighted by Crippen LogP contribution is -2.42. The fraction of sp³-hybridized carbons (Fsp3) is 0.429. The molecular formula is C21H27BrN2O3S. The van der Waals surface area contributed by atoms with Crippen molar-refractivity contribution < 1.29 is 13.2 Å². The lowest BCUT2D eigenvalue weighted by Gasteiger charge is -2.32. The first-order valence-corrected chi connectivity index (χ1v) is 11.9. The highest BCUT2D eigenvalue weighted by atomic mass is 79.9. The summed E-state index contributed by atoms with van der Waals surface area (Å²) in [5.41, 5.74) is 1.05. The normalized spacial score (nSPS) is 18.1. The van der Waals surface area contributed by atoms with Gasteiger partial charge in [-0.3, -0.25) is 4.90 Å². The summed E-state index contributed by atoms with van der Waals surface area (Å²) in [6.45, 7) is 5.81. The van der Waals surface area contributed by atoms with Gasteiger partial charge in [0, 0.05) is 24.1 Å². The second kappa shape index (κ2) is 9.87. The molecule has 0 amide bonds. The topological polar surface area (TPSA) is 58.6 Å². The summed E-state index contributed by atoms with van der Waals surface area (Å²) in [5, 5.41) is 0. The molecular weight excluding hydrogens is 440 g/mol. The lowest BCUT2D eigenvalue weighted by molar-refractivity contribution is 0.148. The minimum absolute atomic E-state index is 0.321. The van der Waals surface area contributed by atoms with Gasteiger partial charge in [0.25, 0.3) is 0 Å². The van der Waals surface area contributed by atoms with Crippen LogP contribution in [0.5, 0.6) is 5.75 Å². The highest BCUT2D eigenvalue weighted by molar-refractivity contribution is 9.10. The van der Waals surface area contributed by atoms with Crippen LogP contribution in [-0.4, -0.2) is 46.1 Å². The van der Waals surface area contributed by atoms with E-state index in [0.29, 0.717) is 24.0 Å². The van der Waals surface area contributed by atoms with E-state index in [1.165, 1.54) is 0 Å². The average Bonchev–Trinajstić information content (AvgIpc) is 2.69. The van der Waals surface area contributed by atoms with Gasteiger partial charge in [-0.15, -0.1) is 0 Å². The number of hydrogen-bond donors (Lipinski definition) is 1. The molecule has 1 atom stereocenters. The van der Waals surface area contributed by atoms with Gasteiger partial charge >= 0.3 is 0 Å². The second-order valence-corrected chi connectivity index (χ2v) is 9.96. The van der Waals surface area contributed by atoms with E-state index in [9.17, 15) is 8.42 Å². The quantitative estimate of drug-likeness (QED) is 0.641. The highest BCUT2D eigenvalue weighted by Crippen LogP contribution is 2.18. The molecule has 1 unspecified atom stereocenters. The van der Waals surface area contributed by atoms with Crippen molar-refractivity contribution in [1.82, 2.24) is 9.62 Å². The van der Waals surface area contributed by atoms with Crippen LogP contribution in [-0.2, 0) is 10.0 Å². The van der Waals surface area contributed by atoms with E-state index in [1.807, 2.05) is 43.3 Å². The van der Waals surface area contributed by atoms with E-state index >= 15 is 0 Å². The Morgan fingerprint density at radius 2 is 1.86 bits per heavy atom. The summed E-state index contributed by atoms with van der Waals surface area (Å²) in [7, 11) is -3.45. The van der Waals surface area contributed by atoms with Gasteiger partial charge in [0.1, 0.15) is 12.4 Å². The number of rotatable bonds is 8. The van der Waals surface area contributed by atoms with Gasteiger partial charge in [0.15, 0.2) is 0 Å². The summed E-state index contributed by atoms with van der Waals surface area (Å²) in [5.74, 6) is 1.18. The van der Waals surface area contributed by atoms with Gasteiger partial charge in [-0.05, 0) is 68.6 Å². The summed E-state index contributed by atoms with van der Waals surface area (Å²) >= 11 is 3.42. The maximum Gasteiger partial charge on any atom is 0.240 e. The highest BCUT2D eigenvalue weighted by Gasteiger charge is 2.22. The standard InChI is InChI=1S/C21H27BrN2O3S/c1-17-4-10-21(11-5-17)28(25,26)23-15-18-3-2-12-24(16-18)13-14-27-20-8-6-19(22)7-9-20/h4-11,18,23H,2-3,12-16H2,1H3. The number of nitrogens with zero attached hydrogens (tertiary/aromatic N) is 1. The van der Waals surface area contributed by atoms with Gasteiger partial charge in [-0.1, -0.05) is 33.6 Å². The molecule has 0 bridgehead atoms. The Bertz CT molecular complexity index is 854. The number of ether oxygens (including phenoxy) is 1. The predicted octanol–water partition coefficient (Wildman–Crippen LogP) is 3.83. The summed E-state index contributed by atoms with van der Waals surface area (Å²) < 4.78 is 34.6. The molecule has 0 radical (unpaired) electrons. The summed E-state index contributed by atoms with van der Waals surface area (Å²) in [6.07, 6.45) is 2.12. The van der Waals surface area contributed by atoms with Gasteiger partial charge in [0.05, 0.1) is 4.90 Å². The molecule has 3 rings (SSSR count). The largest absolute Gasteiger partial charge is 0.492 e. The van der Waals surface area contributed by atoms with E-state index in [4.69, 9.17) is 4.74 Å². The molecule has 28 heavy (non-hydrogen) atoms. The first kappa shape index (κ1) is 21.3. The van der Waals surface area contributed by atoms with E-state index in [1.54, 1.807) is 12.1 Å². The molecule has 2 aromatic carbocycles. The molecule has 0 aromatic heterocycles. The van der Waals surface area contributed by atoms with E-state index < -0.39 is 10.0 Å². The molecule has 1 aliphatic heterocycles. The van der Waals surface area contributed by atoms with Crippen LogP contribution in [0.25, 0.3) is 0 Å². The molecule has 5 nitrogen and oxygen atoms in total. The number of hydrogen-bond acceptors (Lipinski definition) is 4. The zero-order valence-electron chi connectivity index (χ0n) is 16.1. The van der Waals surface area contributed by atoms with Crippen LogP contribution in [0.2, 0.25) is 0 Å². The number of piperidine rings is 1. The molecule has 0 spiro atoms. The monoisotopic (exact) mass is 466 g/mol. The minimum atomic E-state index is -3.45. The number of likely N-dealkylation sites (tertiary alicyclic amines) is 1. The van der Waals surface area contributed by atoms with Crippen molar-refractivity contribution in [3.63, 3.8) is 0 Å². The smallest absolute Gasteiger partial charge is 0.240 e. The first-order valence-electron chi connectivity index (χ1n) is 9.59. The van der Waals surface area contributed by atoms with Crippen molar-refractivity contribution >= 4 is 26.0 Å². The Morgan fingerprint density at radius 3 is 2.57 bits per heavy atom. The summed E-state index contributed by atoms with van der Waals surface area (Å²) in [4.78, 5) is 2.68. The maximum atomic E-state index is 12.5. The van der Waals surface area contributed by atoms with Gasteiger partial charge in [-0.2, -0.15) is 0 Å². The van der Waals surface area contributed by atoms with Crippen molar-refractivity contribution in [1.29, 1.82) is 0 Å². The van der Waals surface area contributed by atoms with Crippen molar-refractivity contribution in [2.45, 2.75) is 24.7 Å². The number of aryl methyl sites for hydroxylation is 1. The van der Waals surface area contributed by atoms with Crippen molar-refractivity contribution in [3.8, 4) is 5.75 Å². The third-order valence-corrected chi connectivity index (χ3v) is 6.95. The fourth-order valence-electron chi connectivity index (χ4n) is 3.37. The molecule has 1 fully saturated rings. The Labute approximate surface area is 176 Å². The number of sulfonamides is 1. The van der Waals surface area contributed by atoms with Crippen LogP contribution >= 0.6 is 15.9 Å². The van der Waals surface area contributed by atoms with Gasteiger partial charge < -0.3 is 4.74 Å². The minimum Gasteiger partial charge on any atom is -0.492 e. The fourth-order valence-corrected chi connectivity index (χ4v) is 4.75. The predicted molar refractivity (Wildman–Crippen MR) is 115 cm³/mol. The van der Waals surface area contributed by atoms with E-state index in [-0.39, 0.29) is 0 Å². The van der Waals surface area contributed by atoms with E-state index in [0.717, 1.165) is 48.3 Å². The number of halogens is 1. The first-order chi connectivity index (χ1) is 13.4. The Morgan fingerprint density at radius 1 is 1.14 bits per heavy atom. The third-order valence-electron chi connectivity index (χ3n) is 4.99. The zero-order chi connectivity index (χ0) is 20.0. The van der Waals surface area contributed by atoms with Gasteiger partial charge in [0.2, 0.25) is 10.0 Å². The Balaban J connectivity index is 1.44. The van der Waals surface area contributed by atoms with Crippen molar-refractivity contribution in [2.24, 2.45) is 5.92 Å². The molecule has 1 aliphatic rings. The van der Waals surface area contributed by atoms with Crippen LogP contribution in [0.4, 0.5) is 0 Å². The van der Waals surface area contributed by atoms with Crippen molar-refractivity contribution in [3.05, 3.63) is 58.6 Å². The Kier molecular flexibility index (Phi) is 7.51. The molecule has 7 heteroatoms. The number of benzene rings is 2. The molecule has 0 aliphatic carbocycles. The molecule has 1 heterocycles. The van der Waals surface area contributed by atoms with E-state index in [2.05, 4.69) is 25.6 Å². The summed E-state index contributed by atoms with van der Waals surface area (Å²) in [6, 6.07) is 14.8. The number of nitrogens with one attached hydrogen (secondary N) is 1. The Hall–Kier alpha value is -1.41. The van der Waals surface area contributed by atoms with Crippen LogP contribution in [0.1, 0.15) is 18.4 Å². The SMILES string of the molecule is Cc1ccc(S(=O)(=O)NCC2CCCN(CCOc3ccc(Br)cc3)C2)cc1. The van der Waals surface area contributed by atoms with Crippen LogP contribution in [0.15, 0.2) is 57.9 Å². The molecule has 1 N–H and O–H groups in total. The van der Waals surface area contributed by atoms with Crippen LogP contribution in [0.3, 0.4) is 0 Å². The van der Waals surface area contributed by atoms with Crippen LogP contribution < -0.4 is 9.46 Å².